The van der Waals surface area contributed by atoms with Crippen LogP contribution in [0.4, 0.5) is 5.88 Å². The Labute approximate surface area is 74.0 Å². The van der Waals surface area contributed by atoms with E-state index in [0.717, 1.165) is 12.4 Å². The summed E-state index contributed by atoms with van der Waals surface area (Å²) in [7, 11) is 0. The summed E-state index contributed by atoms with van der Waals surface area (Å²) in [4.78, 5) is 0. The van der Waals surface area contributed by atoms with Gasteiger partial charge in [0.05, 0.1) is 6.26 Å². The molecule has 1 rings (SSSR count). The molecule has 1 heterocycles. The second kappa shape index (κ2) is 5.70. The first kappa shape index (κ1) is 9.17. The molecule has 0 aliphatic heterocycles. The van der Waals surface area contributed by atoms with E-state index < -0.39 is 0 Å². The smallest absolute Gasteiger partial charge is 0.213 e. The average Bonchev–Trinajstić information content (AvgIpc) is 2.57. The quantitative estimate of drug-likeness (QED) is 0.596. The van der Waals surface area contributed by atoms with E-state index in [9.17, 15) is 0 Å². The largest absolute Gasteiger partial charge is 0.447 e. The topological polar surface area (TPSA) is 27.2 Å². The van der Waals surface area contributed by atoms with Crippen molar-refractivity contribution in [3.63, 3.8) is 0 Å². The van der Waals surface area contributed by atoms with Crippen LogP contribution in [0.25, 0.3) is 0 Å². The molecule has 0 atom stereocenters. The fourth-order valence-electron chi connectivity index (χ4n) is 1.09. The van der Waals surface area contributed by atoms with Crippen LogP contribution >= 0.6 is 0 Å². The van der Waals surface area contributed by atoms with Gasteiger partial charge in [0.15, 0.2) is 0 Å². The molecule has 1 aromatic rings. The second-order valence-corrected chi connectivity index (χ2v) is 2.89. The molecule has 2 nitrogen and oxygen atoms in total. The van der Waals surface area contributed by atoms with Crippen molar-refractivity contribution in [2.24, 2.45) is 0 Å². The first-order valence-corrected chi connectivity index (χ1v) is 4.64. The minimum Gasteiger partial charge on any atom is -0.447 e. The molecule has 0 amide bonds. The zero-order chi connectivity index (χ0) is 8.65. The average molecular weight is 166 g/mol. The summed E-state index contributed by atoms with van der Waals surface area (Å²) in [5.74, 6) is 0.756. The van der Waals surface area contributed by atoms with Crippen molar-refractivity contribution in [3.8, 4) is 0 Å². The standard InChI is InChI=1S/C10H16NO/c1-2-3-4-5-8-11-10-7-6-9-12-10/h6-7,9H,2-5,8H2,1H3. The number of rotatable bonds is 6. The summed E-state index contributed by atoms with van der Waals surface area (Å²) in [6.07, 6.45) is 6.70. The highest BCUT2D eigenvalue weighted by atomic mass is 16.3. The zero-order valence-corrected chi connectivity index (χ0v) is 7.62. The van der Waals surface area contributed by atoms with Crippen LogP contribution in [-0.4, -0.2) is 6.54 Å². The van der Waals surface area contributed by atoms with Crippen molar-refractivity contribution in [3.05, 3.63) is 18.4 Å². The van der Waals surface area contributed by atoms with Crippen molar-refractivity contribution < 1.29 is 4.42 Å². The maximum absolute atomic E-state index is 5.07. The van der Waals surface area contributed by atoms with Gasteiger partial charge < -0.3 is 4.42 Å². The lowest BCUT2D eigenvalue weighted by molar-refractivity contribution is 0.526. The van der Waals surface area contributed by atoms with E-state index in [1.54, 1.807) is 6.26 Å². The highest BCUT2D eigenvalue weighted by molar-refractivity contribution is 5.19. The van der Waals surface area contributed by atoms with Crippen LogP contribution in [0, 0.1) is 0 Å². The predicted molar refractivity (Wildman–Crippen MR) is 49.5 cm³/mol. The van der Waals surface area contributed by atoms with Gasteiger partial charge in [-0.15, -0.1) is 0 Å². The van der Waals surface area contributed by atoms with E-state index in [2.05, 4.69) is 12.2 Å². The van der Waals surface area contributed by atoms with Crippen LogP contribution in [0.2, 0.25) is 0 Å². The summed E-state index contributed by atoms with van der Waals surface area (Å²) >= 11 is 0. The van der Waals surface area contributed by atoms with Gasteiger partial charge in [-0.1, -0.05) is 26.2 Å². The first-order valence-electron chi connectivity index (χ1n) is 4.64. The first-order chi connectivity index (χ1) is 5.93. The molecule has 0 bridgehead atoms. The molecule has 0 saturated heterocycles. The molecule has 0 N–H and O–H groups in total. The molecule has 0 fully saturated rings. The van der Waals surface area contributed by atoms with E-state index in [1.165, 1.54) is 25.7 Å². The summed E-state index contributed by atoms with van der Waals surface area (Å²) in [6.45, 7) is 3.11. The molecule has 1 aromatic heterocycles. The van der Waals surface area contributed by atoms with Gasteiger partial charge in [0.1, 0.15) is 0 Å². The molecule has 0 aliphatic rings. The Hall–Kier alpha value is -0.920. The number of hydrogen-bond donors (Lipinski definition) is 0. The Bertz CT molecular complexity index is 182. The van der Waals surface area contributed by atoms with E-state index in [-0.39, 0.29) is 0 Å². The van der Waals surface area contributed by atoms with Gasteiger partial charge in [-0.05, 0) is 12.5 Å². The molecule has 67 valence electrons. The normalized spacial score (nSPS) is 10.1. The Morgan fingerprint density at radius 1 is 1.33 bits per heavy atom. The molecular weight excluding hydrogens is 150 g/mol. The summed E-state index contributed by atoms with van der Waals surface area (Å²) in [5, 5.41) is 4.27. The molecule has 0 aromatic carbocycles. The Morgan fingerprint density at radius 3 is 2.92 bits per heavy atom. The maximum Gasteiger partial charge on any atom is 0.213 e. The summed E-state index contributed by atoms with van der Waals surface area (Å²) < 4.78 is 5.07. The van der Waals surface area contributed by atoms with Gasteiger partial charge in [0.25, 0.3) is 0 Å². The molecule has 1 radical (unpaired) electrons. The maximum atomic E-state index is 5.07. The van der Waals surface area contributed by atoms with Crippen LogP contribution in [0.15, 0.2) is 22.8 Å². The van der Waals surface area contributed by atoms with Crippen molar-refractivity contribution in [1.82, 2.24) is 5.32 Å². The van der Waals surface area contributed by atoms with Crippen LogP contribution in [0.5, 0.6) is 0 Å². The minimum atomic E-state index is 0.756. The van der Waals surface area contributed by atoms with Gasteiger partial charge in [-0.3, -0.25) is 5.32 Å². The minimum absolute atomic E-state index is 0.756. The van der Waals surface area contributed by atoms with Gasteiger partial charge in [0, 0.05) is 12.6 Å². The van der Waals surface area contributed by atoms with Gasteiger partial charge >= 0.3 is 0 Å². The number of unbranched alkanes of at least 4 members (excludes halogenated alkanes) is 3. The fraction of sp³-hybridized carbons (Fsp3) is 0.600. The third-order valence-electron chi connectivity index (χ3n) is 1.79. The van der Waals surface area contributed by atoms with E-state index in [1.807, 2.05) is 12.1 Å². The highest BCUT2D eigenvalue weighted by Gasteiger charge is 1.94. The third-order valence-corrected chi connectivity index (χ3v) is 1.79. The van der Waals surface area contributed by atoms with Crippen LogP contribution in [0.3, 0.4) is 0 Å². The zero-order valence-electron chi connectivity index (χ0n) is 7.62. The number of hydrogen-bond acceptors (Lipinski definition) is 1. The number of furan rings is 1. The molecule has 2 heteroatoms. The number of nitrogens with zero attached hydrogens (tertiary/aromatic N) is 1. The Morgan fingerprint density at radius 2 is 2.25 bits per heavy atom. The molecule has 0 spiro atoms. The predicted octanol–water partition coefficient (Wildman–Crippen LogP) is 3.10. The lowest BCUT2D eigenvalue weighted by atomic mass is 10.2. The van der Waals surface area contributed by atoms with E-state index in [0.29, 0.717) is 0 Å². The van der Waals surface area contributed by atoms with Gasteiger partial charge in [-0.25, -0.2) is 0 Å². The van der Waals surface area contributed by atoms with Gasteiger partial charge in [0.2, 0.25) is 5.88 Å². The Balaban J connectivity index is 1.96. The molecule has 0 aliphatic carbocycles. The molecular formula is C10H16NO. The molecule has 0 unspecified atom stereocenters. The van der Waals surface area contributed by atoms with Crippen molar-refractivity contribution in [2.45, 2.75) is 32.6 Å². The Kier molecular flexibility index (Phi) is 4.35. The van der Waals surface area contributed by atoms with E-state index >= 15 is 0 Å². The molecule has 12 heavy (non-hydrogen) atoms. The van der Waals surface area contributed by atoms with Crippen LogP contribution in [0.1, 0.15) is 32.6 Å². The third kappa shape index (κ3) is 3.46. The van der Waals surface area contributed by atoms with Gasteiger partial charge in [-0.2, -0.15) is 0 Å². The van der Waals surface area contributed by atoms with Crippen LogP contribution in [-0.2, 0) is 0 Å². The van der Waals surface area contributed by atoms with E-state index in [4.69, 9.17) is 4.42 Å². The fourth-order valence-corrected chi connectivity index (χ4v) is 1.09. The summed E-state index contributed by atoms with van der Waals surface area (Å²) in [5.41, 5.74) is 0. The van der Waals surface area contributed by atoms with Crippen molar-refractivity contribution >= 4 is 5.88 Å². The van der Waals surface area contributed by atoms with Crippen molar-refractivity contribution in [2.75, 3.05) is 6.54 Å². The lowest BCUT2D eigenvalue weighted by Gasteiger charge is -1.98. The molecule has 0 saturated carbocycles. The van der Waals surface area contributed by atoms with Crippen molar-refractivity contribution in [1.29, 1.82) is 0 Å². The SMILES string of the molecule is CCCCCC[N]c1ccco1. The highest BCUT2D eigenvalue weighted by Crippen LogP contribution is 2.07. The second-order valence-electron chi connectivity index (χ2n) is 2.89. The van der Waals surface area contributed by atoms with Crippen LogP contribution < -0.4 is 5.32 Å². The lowest BCUT2D eigenvalue weighted by Crippen LogP contribution is -1.98. The monoisotopic (exact) mass is 166 g/mol. The summed E-state index contributed by atoms with van der Waals surface area (Å²) in [6, 6.07) is 3.75.